The molecule has 1 amide bonds. The van der Waals surface area contributed by atoms with Gasteiger partial charge < -0.3 is 10.4 Å². The fraction of sp³-hybridized carbons (Fsp3) is 0.381. The van der Waals surface area contributed by atoms with E-state index in [0.29, 0.717) is 12.0 Å². The SMILES string of the molecule is O=C(CCc1ccc(C(F)(F)F)cc1)NC[C@@](O)(c1ccccc1)C1CC1. The van der Waals surface area contributed by atoms with Gasteiger partial charge in [0.05, 0.1) is 12.1 Å². The molecule has 2 N–H and O–H groups in total. The molecule has 0 aromatic heterocycles. The molecule has 1 atom stereocenters. The largest absolute Gasteiger partial charge is 0.416 e. The van der Waals surface area contributed by atoms with Crippen LogP contribution in [0.3, 0.4) is 0 Å². The van der Waals surface area contributed by atoms with E-state index in [4.69, 9.17) is 0 Å². The van der Waals surface area contributed by atoms with E-state index in [1.165, 1.54) is 12.1 Å². The van der Waals surface area contributed by atoms with Crippen LogP contribution in [0, 0.1) is 5.92 Å². The van der Waals surface area contributed by atoms with Crippen LogP contribution in [-0.2, 0) is 23.0 Å². The third-order valence-electron chi connectivity index (χ3n) is 5.00. The van der Waals surface area contributed by atoms with Gasteiger partial charge in [-0.2, -0.15) is 13.2 Å². The Bertz CT molecular complexity index is 770. The maximum absolute atomic E-state index is 12.6. The van der Waals surface area contributed by atoms with Gasteiger partial charge in [0.15, 0.2) is 0 Å². The van der Waals surface area contributed by atoms with Crippen LogP contribution in [0.5, 0.6) is 0 Å². The topological polar surface area (TPSA) is 49.3 Å². The fourth-order valence-corrected chi connectivity index (χ4v) is 3.21. The number of rotatable bonds is 7. The lowest BCUT2D eigenvalue weighted by molar-refractivity contribution is -0.137. The van der Waals surface area contributed by atoms with Crippen LogP contribution < -0.4 is 5.32 Å². The van der Waals surface area contributed by atoms with Crippen molar-refractivity contribution < 1.29 is 23.1 Å². The minimum Gasteiger partial charge on any atom is -0.383 e. The summed E-state index contributed by atoms with van der Waals surface area (Å²) in [7, 11) is 0. The maximum Gasteiger partial charge on any atom is 0.416 e. The van der Waals surface area contributed by atoms with E-state index in [2.05, 4.69) is 5.32 Å². The Hall–Kier alpha value is -2.34. The Kier molecular flexibility index (Phi) is 5.56. The predicted octanol–water partition coefficient (Wildman–Crippen LogP) is 4.05. The molecule has 3 rings (SSSR count). The molecule has 1 aliphatic carbocycles. The second-order valence-electron chi connectivity index (χ2n) is 7.04. The summed E-state index contributed by atoms with van der Waals surface area (Å²) in [6.07, 6.45) is -2.02. The van der Waals surface area contributed by atoms with Crippen LogP contribution in [0.2, 0.25) is 0 Å². The number of alkyl halides is 3. The Balaban J connectivity index is 1.53. The molecule has 1 fully saturated rings. The van der Waals surface area contributed by atoms with Gasteiger partial charge in [0.1, 0.15) is 5.60 Å². The van der Waals surface area contributed by atoms with Gasteiger partial charge >= 0.3 is 6.18 Å². The van der Waals surface area contributed by atoms with Crippen molar-refractivity contribution in [3.05, 3.63) is 71.3 Å². The number of aliphatic hydroxyl groups is 1. The molecule has 2 aromatic carbocycles. The molecule has 0 saturated heterocycles. The number of hydrogen-bond acceptors (Lipinski definition) is 2. The van der Waals surface area contributed by atoms with E-state index in [1.807, 2.05) is 30.3 Å². The first-order valence-electron chi connectivity index (χ1n) is 9.00. The van der Waals surface area contributed by atoms with Gasteiger partial charge in [0.2, 0.25) is 5.91 Å². The van der Waals surface area contributed by atoms with Gasteiger partial charge in [-0.3, -0.25) is 4.79 Å². The molecule has 0 bridgehead atoms. The highest BCUT2D eigenvalue weighted by Crippen LogP contribution is 2.45. The minimum atomic E-state index is -4.36. The number of halogens is 3. The molecule has 0 aliphatic heterocycles. The molecule has 2 aromatic rings. The minimum absolute atomic E-state index is 0.132. The van der Waals surface area contributed by atoms with Crippen LogP contribution in [0.1, 0.15) is 36.0 Å². The first-order valence-corrected chi connectivity index (χ1v) is 9.00. The van der Waals surface area contributed by atoms with Crippen LogP contribution in [-0.4, -0.2) is 17.6 Å². The van der Waals surface area contributed by atoms with Gasteiger partial charge in [-0.15, -0.1) is 0 Å². The second-order valence-corrected chi connectivity index (χ2v) is 7.04. The lowest BCUT2D eigenvalue weighted by Gasteiger charge is -2.29. The van der Waals surface area contributed by atoms with E-state index in [-0.39, 0.29) is 24.8 Å². The standard InChI is InChI=1S/C21H22F3NO2/c22-21(23,24)18-9-6-15(7-10-18)8-13-19(26)25-14-20(27,17-11-12-17)16-4-2-1-3-5-16/h1-7,9-10,17,27H,8,11-14H2,(H,25,26)/t20-/m1/s1. The van der Waals surface area contributed by atoms with E-state index >= 15 is 0 Å². The van der Waals surface area contributed by atoms with Crippen molar-refractivity contribution >= 4 is 5.91 Å². The first kappa shape index (κ1) is 19.4. The molecule has 3 nitrogen and oxygen atoms in total. The number of benzene rings is 2. The highest BCUT2D eigenvalue weighted by atomic mass is 19.4. The Morgan fingerprint density at radius 1 is 1.00 bits per heavy atom. The van der Waals surface area contributed by atoms with Crippen molar-refractivity contribution in [1.82, 2.24) is 5.32 Å². The predicted molar refractivity (Wildman–Crippen MR) is 95.8 cm³/mol. The van der Waals surface area contributed by atoms with Crippen molar-refractivity contribution in [2.24, 2.45) is 5.92 Å². The second kappa shape index (κ2) is 7.72. The molecule has 0 heterocycles. The van der Waals surface area contributed by atoms with E-state index in [0.717, 1.165) is 30.5 Å². The number of carbonyl (C=O) groups is 1. The van der Waals surface area contributed by atoms with Gasteiger partial charge in [0.25, 0.3) is 0 Å². The number of carbonyl (C=O) groups excluding carboxylic acids is 1. The molecular weight excluding hydrogens is 355 g/mol. The van der Waals surface area contributed by atoms with Gasteiger partial charge in [0, 0.05) is 6.42 Å². The summed E-state index contributed by atoms with van der Waals surface area (Å²) in [4.78, 5) is 12.2. The zero-order chi connectivity index (χ0) is 19.5. The van der Waals surface area contributed by atoms with Crippen molar-refractivity contribution in [1.29, 1.82) is 0 Å². The Morgan fingerprint density at radius 2 is 1.63 bits per heavy atom. The molecule has 1 saturated carbocycles. The molecule has 27 heavy (non-hydrogen) atoms. The average molecular weight is 377 g/mol. The Morgan fingerprint density at radius 3 is 2.19 bits per heavy atom. The molecule has 0 radical (unpaired) electrons. The van der Waals surface area contributed by atoms with Gasteiger partial charge in [-0.05, 0) is 48.4 Å². The zero-order valence-corrected chi connectivity index (χ0v) is 14.8. The molecule has 144 valence electrons. The summed E-state index contributed by atoms with van der Waals surface area (Å²) in [5, 5.41) is 13.8. The number of nitrogens with one attached hydrogen (secondary N) is 1. The van der Waals surface area contributed by atoms with Crippen molar-refractivity contribution in [3.63, 3.8) is 0 Å². The summed E-state index contributed by atoms with van der Waals surface area (Å²) < 4.78 is 37.7. The summed E-state index contributed by atoms with van der Waals surface area (Å²) in [5.41, 5.74) is -0.326. The highest BCUT2D eigenvalue weighted by molar-refractivity contribution is 5.76. The summed E-state index contributed by atoms with van der Waals surface area (Å²) in [5.74, 6) is -0.0972. The lowest BCUT2D eigenvalue weighted by atomic mass is 9.88. The quantitative estimate of drug-likeness (QED) is 0.765. The molecule has 6 heteroatoms. The normalized spacial score (nSPS) is 16.6. The smallest absolute Gasteiger partial charge is 0.383 e. The zero-order valence-electron chi connectivity index (χ0n) is 14.8. The third-order valence-corrected chi connectivity index (χ3v) is 5.00. The van der Waals surface area contributed by atoms with Gasteiger partial charge in [-0.25, -0.2) is 0 Å². The maximum atomic E-state index is 12.6. The van der Waals surface area contributed by atoms with Crippen LogP contribution >= 0.6 is 0 Å². The van der Waals surface area contributed by atoms with Gasteiger partial charge in [-0.1, -0.05) is 42.5 Å². The average Bonchev–Trinajstić information content (AvgIpc) is 3.50. The first-order chi connectivity index (χ1) is 12.8. The summed E-state index contributed by atoms with van der Waals surface area (Å²) >= 11 is 0. The van der Waals surface area contributed by atoms with Crippen LogP contribution in [0.25, 0.3) is 0 Å². The Labute approximate surface area is 156 Å². The summed E-state index contributed by atoms with van der Waals surface area (Å²) in [6, 6.07) is 14.1. The number of hydrogen-bond donors (Lipinski definition) is 2. The lowest BCUT2D eigenvalue weighted by Crippen LogP contribution is -2.42. The molecule has 0 unspecified atom stereocenters. The van der Waals surface area contributed by atoms with E-state index in [1.54, 1.807) is 0 Å². The number of aryl methyl sites for hydroxylation is 1. The van der Waals surface area contributed by atoms with E-state index in [9.17, 15) is 23.1 Å². The highest BCUT2D eigenvalue weighted by Gasteiger charge is 2.45. The third kappa shape index (κ3) is 4.89. The molecular formula is C21H22F3NO2. The van der Waals surface area contributed by atoms with Crippen molar-refractivity contribution in [2.75, 3.05) is 6.54 Å². The summed E-state index contributed by atoms with van der Waals surface area (Å²) in [6.45, 7) is 0.132. The monoisotopic (exact) mass is 377 g/mol. The van der Waals surface area contributed by atoms with Crippen LogP contribution in [0.4, 0.5) is 13.2 Å². The molecule has 0 spiro atoms. The number of amides is 1. The fourth-order valence-electron chi connectivity index (χ4n) is 3.21. The molecule has 1 aliphatic rings. The van der Waals surface area contributed by atoms with E-state index < -0.39 is 17.3 Å². The van der Waals surface area contributed by atoms with Crippen LogP contribution in [0.15, 0.2) is 54.6 Å². The van der Waals surface area contributed by atoms with Crippen molar-refractivity contribution in [2.45, 2.75) is 37.5 Å². The van der Waals surface area contributed by atoms with Crippen molar-refractivity contribution in [3.8, 4) is 0 Å².